The Bertz CT molecular complexity index is 1110. The first-order valence-electron chi connectivity index (χ1n) is 12.1. The van der Waals surface area contributed by atoms with E-state index in [1.807, 2.05) is 30.3 Å². The Morgan fingerprint density at radius 3 is 2.49 bits per heavy atom. The number of amides is 2. The molecule has 1 aliphatic heterocycles. The first kappa shape index (κ1) is 24.3. The monoisotopic (exact) mass is 472 g/mol. The summed E-state index contributed by atoms with van der Waals surface area (Å²) in [6.45, 7) is 4.84. The van der Waals surface area contributed by atoms with Gasteiger partial charge in [0, 0.05) is 37.9 Å². The summed E-state index contributed by atoms with van der Waals surface area (Å²) >= 11 is 0. The molecule has 7 heteroatoms. The van der Waals surface area contributed by atoms with Crippen molar-refractivity contribution < 1.29 is 14.3 Å². The summed E-state index contributed by atoms with van der Waals surface area (Å²) in [4.78, 5) is 31.1. The molecule has 3 aromatic rings. The highest BCUT2D eigenvalue weighted by atomic mass is 16.6. The van der Waals surface area contributed by atoms with Crippen LogP contribution in [0.15, 0.2) is 72.9 Å². The zero-order valence-corrected chi connectivity index (χ0v) is 20.1. The molecule has 0 radical (unpaired) electrons. The molecule has 2 aromatic carbocycles. The number of anilines is 1. The fourth-order valence-electron chi connectivity index (χ4n) is 4.04. The summed E-state index contributed by atoms with van der Waals surface area (Å²) in [5.74, 6) is 0.883. The van der Waals surface area contributed by atoms with E-state index in [1.165, 1.54) is 5.56 Å². The average Bonchev–Trinajstić information content (AvgIpc) is 2.91. The lowest BCUT2D eigenvalue weighted by molar-refractivity contribution is 0.0801. The SMILES string of the molecule is Cc1ccc(CNc2cc(C(=O)NCC3CCN(C(=O)OCc4ccccc4)CC3)ccn2)cc1. The molecule has 7 nitrogen and oxygen atoms in total. The predicted octanol–water partition coefficient (Wildman–Crippen LogP) is 4.78. The third kappa shape index (κ3) is 7.30. The molecule has 0 aliphatic carbocycles. The van der Waals surface area contributed by atoms with E-state index in [4.69, 9.17) is 4.74 Å². The van der Waals surface area contributed by atoms with Gasteiger partial charge in [-0.1, -0.05) is 60.2 Å². The summed E-state index contributed by atoms with van der Waals surface area (Å²) < 4.78 is 5.43. The molecule has 2 heterocycles. The molecule has 0 spiro atoms. The Kier molecular flexibility index (Phi) is 8.33. The number of hydrogen-bond acceptors (Lipinski definition) is 5. The minimum absolute atomic E-state index is 0.115. The van der Waals surface area contributed by atoms with Crippen LogP contribution in [0, 0.1) is 12.8 Å². The van der Waals surface area contributed by atoms with Crippen LogP contribution >= 0.6 is 0 Å². The van der Waals surface area contributed by atoms with Gasteiger partial charge in [0.25, 0.3) is 5.91 Å². The van der Waals surface area contributed by atoms with Crippen molar-refractivity contribution in [3.8, 4) is 0 Å². The lowest BCUT2D eigenvalue weighted by Gasteiger charge is -2.31. The molecular weight excluding hydrogens is 440 g/mol. The van der Waals surface area contributed by atoms with Gasteiger partial charge in [-0.3, -0.25) is 4.79 Å². The maximum absolute atomic E-state index is 12.7. The molecule has 0 atom stereocenters. The van der Waals surface area contributed by atoms with E-state index in [0.717, 1.165) is 24.0 Å². The van der Waals surface area contributed by atoms with Crippen LogP contribution in [0.3, 0.4) is 0 Å². The zero-order chi connectivity index (χ0) is 24.5. The van der Waals surface area contributed by atoms with Crippen molar-refractivity contribution in [3.05, 3.63) is 95.2 Å². The maximum Gasteiger partial charge on any atom is 0.410 e. The van der Waals surface area contributed by atoms with Crippen molar-refractivity contribution >= 4 is 17.8 Å². The van der Waals surface area contributed by atoms with Gasteiger partial charge < -0.3 is 20.3 Å². The summed E-state index contributed by atoms with van der Waals surface area (Å²) in [7, 11) is 0. The van der Waals surface area contributed by atoms with Gasteiger partial charge in [0.05, 0.1) is 0 Å². The second-order valence-electron chi connectivity index (χ2n) is 8.95. The second-order valence-corrected chi connectivity index (χ2v) is 8.95. The Hall–Kier alpha value is -3.87. The molecule has 0 bridgehead atoms. The normalized spacial score (nSPS) is 13.8. The molecule has 182 valence electrons. The van der Waals surface area contributed by atoms with Crippen molar-refractivity contribution in [2.45, 2.75) is 32.9 Å². The highest BCUT2D eigenvalue weighted by molar-refractivity contribution is 5.94. The first-order valence-corrected chi connectivity index (χ1v) is 12.1. The van der Waals surface area contributed by atoms with Crippen LogP contribution in [0.5, 0.6) is 0 Å². The van der Waals surface area contributed by atoms with Gasteiger partial charge >= 0.3 is 6.09 Å². The molecule has 0 unspecified atom stereocenters. The third-order valence-electron chi connectivity index (χ3n) is 6.25. The van der Waals surface area contributed by atoms with Gasteiger partial charge in [0.1, 0.15) is 12.4 Å². The lowest BCUT2D eigenvalue weighted by Crippen LogP contribution is -2.41. The van der Waals surface area contributed by atoms with Crippen LogP contribution in [0.1, 0.15) is 39.9 Å². The summed E-state index contributed by atoms with van der Waals surface area (Å²) in [6, 6.07) is 21.5. The number of pyridine rings is 1. The Labute approximate surface area is 206 Å². The number of carbonyl (C=O) groups is 2. The van der Waals surface area contributed by atoms with Crippen molar-refractivity contribution in [1.29, 1.82) is 0 Å². The van der Waals surface area contributed by atoms with E-state index in [0.29, 0.717) is 43.5 Å². The molecular formula is C28H32N4O3. The lowest BCUT2D eigenvalue weighted by atomic mass is 9.97. The smallest absolute Gasteiger partial charge is 0.410 e. The quantitative estimate of drug-likeness (QED) is 0.493. The van der Waals surface area contributed by atoms with Crippen LogP contribution in [-0.2, 0) is 17.9 Å². The number of piperidine rings is 1. The number of aromatic nitrogens is 1. The van der Waals surface area contributed by atoms with E-state index in [2.05, 4.69) is 46.8 Å². The van der Waals surface area contributed by atoms with Gasteiger partial charge in [-0.25, -0.2) is 9.78 Å². The topological polar surface area (TPSA) is 83.6 Å². The molecule has 4 rings (SSSR count). The highest BCUT2D eigenvalue weighted by Gasteiger charge is 2.24. The standard InChI is InChI=1S/C28H32N4O3/c1-21-7-9-22(10-8-21)18-30-26-17-25(11-14-29-26)27(33)31-19-23-12-15-32(16-13-23)28(34)35-20-24-5-3-2-4-6-24/h2-11,14,17,23H,12-13,15-16,18-20H2,1H3,(H,29,30)(H,31,33). The Balaban J connectivity index is 1.18. The zero-order valence-electron chi connectivity index (χ0n) is 20.1. The van der Waals surface area contributed by atoms with Crippen molar-refractivity contribution in [3.63, 3.8) is 0 Å². The van der Waals surface area contributed by atoms with Crippen molar-refractivity contribution in [1.82, 2.24) is 15.2 Å². The molecule has 1 saturated heterocycles. The number of benzene rings is 2. The van der Waals surface area contributed by atoms with Crippen molar-refractivity contribution in [2.75, 3.05) is 25.0 Å². The van der Waals surface area contributed by atoms with Crippen LogP contribution in [0.2, 0.25) is 0 Å². The summed E-state index contributed by atoms with van der Waals surface area (Å²) in [6.07, 6.45) is 3.03. The van der Waals surface area contributed by atoms with E-state index in [9.17, 15) is 9.59 Å². The fraction of sp³-hybridized carbons (Fsp3) is 0.321. The van der Waals surface area contributed by atoms with E-state index >= 15 is 0 Å². The number of hydrogen-bond donors (Lipinski definition) is 2. The van der Waals surface area contributed by atoms with Gasteiger partial charge in [-0.2, -0.15) is 0 Å². The van der Waals surface area contributed by atoms with Crippen LogP contribution in [0.25, 0.3) is 0 Å². The van der Waals surface area contributed by atoms with Crippen LogP contribution < -0.4 is 10.6 Å². The molecule has 2 amide bonds. The van der Waals surface area contributed by atoms with Crippen molar-refractivity contribution in [2.24, 2.45) is 5.92 Å². The highest BCUT2D eigenvalue weighted by Crippen LogP contribution is 2.18. The maximum atomic E-state index is 12.7. The van der Waals surface area contributed by atoms with E-state index in [-0.39, 0.29) is 18.6 Å². The number of carbonyl (C=O) groups excluding carboxylic acids is 2. The number of nitrogens with one attached hydrogen (secondary N) is 2. The minimum Gasteiger partial charge on any atom is -0.445 e. The fourth-order valence-corrected chi connectivity index (χ4v) is 4.04. The first-order chi connectivity index (χ1) is 17.1. The number of aryl methyl sites for hydroxylation is 1. The number of rotatable bonds is 8. The van der Waals surface area contributed by atoms with E-state index in [1.54, 1.807) is 23.2 Å². The Morgan fingerprint density at radius 1 is 1.00 bits per heavy atom. The number of ether oxygens (including phenoxy) is 1. The molecule has 1 aliphatic rings. The summed E-state index contributed by atoms with van der Waals surface area (Å²) in [5, 5.41) is 6.31. The molecule has 35 heavy (non-hydrogen) atoms. The minimum atomic E-state index is -0.279. The predicted molar refractivity (Wildman–Crippen MR) is 136 cm³/mol. The number of likely N-dealkylation sites (tertiary alicyclic amines) is 1. The molecule has 2 N–H and O–H groups in total. The number of nitrogens with zero attached hydrogens (tertiary/aromatic N) is 2. The van der Waals surface area contributed by atoms with Gasteiger partial charge in [-0.05, 0) is 48.9 Å². The van der Waals surface area contributed by atoms with Crippen LogP contribution in [0.4, 0.5) is 10.6 Å². The molecule has 1 aromatic heterocycles. The summed E-state index contributed by atoms with van der Waals surface area (Å²) in [5.41, 5.74) is 3.93. The molecule has 0 saturated carbocycles. The largest absolute Gasteiger partial charge is 0.445 e. The van der Waals surface area contributed by atoms with Gasteiger partial charge in [0.15, 0.2) is 0 Å². The Morgan fingerprint density at radius 2 is 1.74 bits per heavy atom. The second kappa shape index (κ2) is 12.0. The van der Waals surface area contributed by atoms with Crippen LogP contribution in [-0.4, -0.2) is 41.5 Å². The van der Waals surface area contributed by atoms with Gasteiger partial charge in [-0.15, -0.1) is 0 Å². The van der Waals surface area contributed by atoms with Gasteiger partial charge in [0.2, 0.25) is 0 Å². The average molecular weight is 473 g/mol. The molecule has 1 fully saturated rings. The van der Waals surface area contributed by atoms with E-state index < -0.39 is 0 Å². The third-order valence-corrected chi connectivity index (χ3v) is 6.25.